The van der Waals surface area contributed by atoms with E-state index in [9.17, 15) is 4.79 Å². The molecule has 0 unspecified atom stereocenters. The Morgan fingerprint density at radius 1 is 1.60 bits per heavy atom. The molecule has 0 fully saturated rings. The van der Waals surface area contributed by atoms with Gasteiger partial charge in [0.15, 0.2) is 0 Å². The van der Waals surface area contributed by atoms with E-state index in [4.69, 9.17) is 4.74 Å². The van der Waals surface area contributed by atoms with Crippen molar-refractivity contribution in [2.24, 2.45) is 0 Å². The quantitative estimate of drug-likeness (QED) is 0.495. The second-order valence-electron chi connectivity index (χ2n) is 2.28. The first kappa shape index (κ1) is 7.25. The van der Waals surface area contributed by atoms with Crippen LogP contribution < -0.4 is 0 Å². The highest BCUT2D eigenvalue weighted by Crippen LogP contribution is 2.04. The molecule has 0 atom stereocenters. The lowest BCUT2D eigenvalue weighted by Gasteiger charge is -1.94. The predicted octanol–water partition coefficient (Wildman–Crippen LogP) is 0.384. The van der Waals surface area contributed by atoms with Gasteiger partial charge in [0.25, 0.3) is 0 Å². The Balaban J connectivity index is 2.65. The van der Waals surface area contributed by atoms with Crippen molar-refractivity contribution in [1.29, 1.82) is 0 Å². The Kier molecular flexibility index (Phi) is 2.04. The number of rotatable bonds is 1. The number of hydrogen-bond acceptors (Lipinski definition) is 2. The Morgan fingerprint density at radius 3 is 2.70 bits per heavy atom. The molecular weight excluding hydrogens is 130 g/mol. The van der Waals surface area contributed by atoms with Crippen LogP contribution in [0.5, 0.6) is 0 Å². The molecule has 1 aliphatic heterocycles. The summed E-state index contributed by atoms with van der Waals surface area (Å²) in [4.78, 5) is 10.9. The molecule has 0 aromatic carbocycles. The van der Waals surface area contributed by atoms with Gasteiger partial charge in [0.1, 0.15) is 7.05 Å². The molecule has 0 aromatic rings. The van der Waals surface area contributed by atoms with E-state index >= 15 is 0 Å². The number of nitrogens with zero attached hydrogens (tertiary/aromatic N) is 1. The van der Waals surface area contributed by atoms with Crippen LogP contribution in [0.3, 0.4) is 0 Å². The lowest BCUT2D eigenvalue weighted by Crippen LogP contribution is -2.16. The lowest BCUT2D eigenvalue weighted by molar-refractivity contribution is -0.421. The van der Waals surface area contributed by atoms with Crippen LogP contribution in [-0.2, 0) is 9.53 Å². The smallest absolute Gasteiger partial charge is 0.390 e. The molecule has 1 rings (SSSR count). The van der Waals surface area contributed by atoms with Crippen molar-refractivity contribution in [3.8, 4) is 0 Å². The van der Waals surface area contributed by atoms with Crippen molar-refractivity contribution in [3.05, 3.63) is 0 Å². The highest BCUT2D eigenvalue weighted by Gasteiger charge is 2.29. The molecule has 0 bridgehead atoms. The van der Waals surface area contributed by atoms with E-state index in [1.807, 2.05) is 6.92 Å². The Morgan fingerprint density at radius 2 is 2.30 bits per heavy atom. The molecule has 3 heteroatoms. The highest BCUT2D eigenvalue weighted by atomic mass is 16.5. The molecule has 0 spiro atoms. The summed E-state index contributed by atoms with van der Waals surface area (Å²) in [6.07, 6.45) is 1.37. The molecular formula is C7H12NO2+. The van der Waals surface area contributed by atoms with Crippen LogP contribution in [0.1, 0.15) is 19.8 Å². The maximum atomic E-state index is 10.9. The van der Waals surface area contributed by atoms with Crippen LogP contribution in [-0.4, -0.2) is 30.0 Å². The summed E-state index contributed by atoms with van der Waals surface area (Å²) in [5.74, 6) is 0.968. The third-order valence-electron chi connectivity index (χ3n) is 1.61. The zero-order valence-electron chi connectivity index (χ0n) is 6.39. The summed E-state index contributed by atoms with van der Waals surface area (Å²) in [7, 11) is 1.75. The van der Waals surface area contributed by atoms with Gasteiger partial charge in [-0.3, -0.25) is 0 Å². The molecule has 0 saturated carbocycles. The molecule has 0 aromatic heterocycles. The van der Waals surface area contributed by atoms with E-state index in [1.165, 1.54) is 0 Å². The minimum absolute atomic E-state index is 0.156. The summed E-state index contributed by atoms with van der Waals surface area (Å²) in [6, 6.07) is 0. The first-order valence-electron chi connectivity index (χ1n) is 3.51. The van der Waals surface area contributed by atoms with Crippen LogP contribution in [0.15, 0.2) is 0 Å². The van der Waals surface area contributed by atoms with Crippen LogP contribution in [0.2, 0.25) is 0 Å². The molecule has 0 aliphatic carbocycles. The topological polar surface area (TPSA) is 29.3 Å². The Labute approximate surface area is 60.3 Å². The third-order valence-corrected chi connectivity index (χ3v) is 1.61. The van der Waals surface area contributed by atoms with E-state index in [0.29, 0.717) is 13.0 Å². The highest BCUT2D eigenvalue weighted by molar-refractivity contribution is 5.87. The lowest BCUT2D eigenvalue weighted by atomic mass is 10.3. The van der Waals surface area contributed by atoms with Crippen molar-refractivity contribution in [2.75, 3.05) is 13.7 Å². The molecule has 1 aliphatic rings. The van der Waals surface area contributed by atoms with Gasteiger partial charge in [-0.25, -0.2) is 4.79 Å². The van der Waals surface area contributed by atoms with E-state index in [-0.39, 0.29) is 5.91 Å². The maximum Gasteiger partial charge on any atom is 0.390 e. The fourth-order valence-electron chi connectivity index (χ4n) is 1.02. The monoisotopic (exact) mass is 142 g/mol. The van der Waals surface area contributed by atoms with Gasteiger partial charge in [-0.2, -0.15) is 0 Å². The summed E-state index contributed by atoms with van der Waals surface area (Å²) in [5.41, 5.74) is 0. The van der Waals surface area contributed by atoms with Crippen LogP contribution in [0, 0.1) is 0 Å². The fourth-order valence-corrected chi connectivity index (χ4v) is 1.02. The standard InChI is InChI=1S/C7H12NO2/c1-3-10-7-5-4-6(9)8(7)2/h3-5H2,1-2H3/q+1. The Bertz CT molecular complexity index is 184. The molecule has 10 heavy (non-hydrogen) atoms. The van der Waals surface area contributed by atoms with E-state index in [1.54, 1.807) is 11.6 Å². The van der Waals surface area contributed by atoms with Crippen LogP contribution in [0.25, 0.3) is 0 Å². The molecule has 56 valence electrons. The number of amides is 1. The number of carbonyl (C=O) groups is 1. The van der Waals surface area contributed by atoms with E-state index in [0.717, 1.165) is 12.3 Å². The van der Waals surface area contributed by atoms with Crippen molar-refractivity contribution >= 4 is 11.8 Å². The van der Waals surface area contributed by atoms with Crippen LogP contribution in [0.4, 0.5) is 0 Å². The van der Waals surface area contributed by atoms with Gasteiger partial charge in [-0.05, 0) is 6.92 Å². The maximum absolute atomic E-state index is 10.9. The van der Waals surface area contributed by atoms with Crippen molar-refractivity contribution < 1.29 is 14.1 Å². The fraction of sp³-hybridized carbons (Fsp3) is 0.714. The summed E-state index contributed by atoms with van der Waals surface area (Å²) in [6.45, 7) is 2.57. The van der Waals surface area contributed by atoms with Gasteiger partial charge in [-0.1, -0.05) is 0 Å². The van der Waals surface area contributed by atoms with Crippen molar-refractivity contribution in [1.82, 2.24) is 0 Å². The first-order valence-corrected chi connectivity index (χ1v) is 3.51. The van der Waals surface area contributed by atoms with Gasteiger partial charge in [0.2, 0.25) is 0 Å². The first-order chi connectivity index (χ1) is 4.75. The normalized spacial score (nSPS) is 18.4. The molecule has 0 N–H and O–H groups in total. The second kappa shape index (κ2) is 2.82. The number of carbonyl (C=O) groups excluding carboxylic acids is 1. The van der Waals surface area contributed by atoms with Crippen molar-refractivity contribution in [2.45, 2.75) is 19.8 Å². The molecule has 1 heterocycles. The number of hydrogen-bond donors (Lipinski definition) is 0. The van der Waals surface area contributed by atoms with Crippen LogP contribution >= 0.6 is 0 Å². The van der Waals surface area contributed by atoms with E-state index in [2.05, 4.69) is 0 Å². The van der Waals surface area contributed by atoms with Gasteiger partial charge in [0, 0.05) is 0 Å². The largest absolute Gasteiger partial charge is 0.448 e. The third kappa shape index (κ3) is 1.17. The van der Waals surface area contributed by atoms with Gasteiger partial charge >= 0.3 is 11.8 Å². The second-order valence-corrected chi connectivity index (χ2v) is 2.28. The SMILES string of the molecule is CCOC1=[N+](C)C(=O)CC1. The minimum atomic E-state index is 0.156. The zero-order chi connectivity index (χ0) is 7.56. The van der Waals surface area contributed by atoms with Crippen molar-refractivity contribution in [3.63, 3.8) is 0 Å². The predicted molar refractivity (Wildman–Crippen MR) is 37.1 cm³/mol. The summed E-state index contributed by atoms with van der Waals surface area (Å²) in [5, 5.41) is 0. The number of ether oxygens (including phenoxy) is 1. The molecule has 0 radical (unpaired) electrons. The van der Waals surface area contributed by atoms with Gasteiger partial charge in [0.05, 0.1) is 19.4 Å². The van der Waals surface area contributed by atoms with Gasteiger partial charge < -0.3 is 4.74 Å². The average Bonchev–Trinajstić information content (AvgIpc) is 2.20. The summed E-state index contributed by atoms with van der Waals surface area (Å²) >= 11 is 0. The van der Waals surface area contributed by atoms with Gasteiger partial charge in [-0.15, -0.1) is 4.58 Å². The Hall–Kier alpha value is -0.860. The molecule has 0 saturated heterocycles. The molecule has 1 amide bonds. The zero-order valence-corrected chi connectivity index (χ0v) is 6.39. The van der Waals surface area contributed by atoms with E-state index < -0.39 is 0 Å². The minimum Gasteiger partial charge on any atom is -0.448 e. The average molecular weight is 142 g/mol. The summed E-state index contributed by atoms with van der Waals surface area (Å²) < 4.78 is 6.79. The molecule has 3 nitrogen and oxygen atoms in total.